The number of methoxy groups -OCH3 is 1. The van der Waals surface area contributed by atoms with Gasteiger partial charge in [-0.25, -0.2) is 9.37 Å². The van der Waals surface area contributed by atoms with Crippen LogP contribution in [0.5, 0.6) is 0 Å². The van der Waals surface area contributed by atoms with Gasteiger partial charge >= 0.3 is 0 Å². The molecule has 1 aromatic carbocycles. The average Bonchev–Trinajstić information content (AvgIpc) is 3.93. The second kappa shape index (κ2) is 11.1. The van der Waals surface area contributed by atoms with Gasteiger partial charge in [-0.2, -0.15) is 0 Å². The highest BCUT2D eigenvalue weighted by molar-refractivity contribution is 6.04. The molecule has 1 aliphatic heterocycles. The number of anilines is 1. The first kappa shape index (κ1) is 27.6. The van der Waals surface area contributed by atoms with Crippen LogP contribution in [0.15, 0.2) is 53.7 Å². The standard InChI is InChI=1S/C32H34FN7O3/c1-38-18-34-37-30(38)26-14-22(33)5-8-25(26)21-12-28(20-3-4-20)35-29(13-21)36-31(41)27-11-19(15-39-10-9-24(17-39)43-2)16-40(32(27)42)23-6-7-23/h5,8,11-14,16,18,20,23-24H,3-4,6-7,9-10,15,17H2,1-2H3,(H,35,36,41)/t24-/m0/s1. The highest BCUT2D eigenvalue weighted by Gasteiger charge is 2.30. The van der Waals surface area contributed by atoms with Crippen molar-refractivity contribution in [1.82, 2.24) is 29.2 Å². The lowest BCUT2D eigenvalue weighted by molar-refractivity contribution is 0.102. The molecule has 4 heterocycles. The van der Waals surface area contributed by atoms with Gasteiger partial charge in [0.25, 0.3) is 11.5 Å². The number of amides is 1. The van der Waals surface area contributed by atoms with Crippen molar-refractivity contribution in [3.8, 4) is 22.5 Å². The first-order valence-corrected chi connectivity index (χ1v) is 14.8. The smallest absolute Gasteiger partial charge is 0.263 e. The molecule has 3 aromatic heterocycles. The van der Waals surface area contributed by atoms with Gasteiger partial charge in [-0.15, -0.1) is 10.2 Å². The Morgan fingerprint density at radius 1 is 1.09 bits per heavy atom. The van der Waals surface area contributed by atoms with E-state index in [0.29, 0.717) is 29.7 Å². The van der Waals surface area contributed by atoms with Gasteiger partial charge < -0.3 is 19.2 Å². The minimum absolute atomic E-state index is 0.105. The molecule has 10 nitrogen and oxygen atoms in total. The third-order valence-corrected chi connectivity index (χ3v) is 8.58. The summed E-state index contributed by atoms with van der Waals surface area (Å²) in [7, 11) is 3.54. The fraction of sp³-hybridized carbons (Fsp3) is 0.406. The lowest BCUT2D eigenvalue weighted by Gasteiger charge is -2.18. The van der Waals surface area contributed by atoms with Crippen LogP contribution in [0.1, 0.15) is 65.7 Å². The summed E-state index contributed by atoms with van der Waals surface area (Å²) in [6.07, 6.45) is 8.52. The Hall–Kier alpha value is -4.22. The molecule has 2 aliphatic carbocycles. The van der Waals surface area contributed by atoms with Gasteiger partial charge in [0.2, 0.25) is 0 Å². The Bertz CT molecular complexity index is 1760. The molecule has 2 saturated carbocycles. The monoisotopic (exact) mass is 583 g/mol. The Kier molecular flexibility index (Phi) is 7.14. The van der Waals surface area contributed by atoms with Gasteiger partial charge in [0.1, 0.15) is 23.5 Å². The molecule has 0 bridgehead atoms. The molecule has 43 heavy (non-hydrogen) atoms. The van der Waals surface area contributed by atoms with E-state index in [1.165, 1.54) is 12.1 Å². The summed E-state index contributed by atoms with van der Waals surface area (Å²) >= 11 is 0. The first-order chi connectivity index (χ1) is 20.9. The van der Waals surface area contributed by atoms with Crippen LogP contribution in [0, 0.1) is 5.82 Å². The Balaban J connectivity index is 1.23. The number of aromatic nitrogens is 5. The van der Waals surface area contributed by atoms with Gasteiger partial charge in [-0.3, -0.25) is 14.5 Å². The Morgan fingerprint density at radius 2 is 1.93 bits per heavy atom. The molecule has 1 N–H and O–H groups in total. The average molecular weight is 584 g/mol. The van der Waals surface area contributed by atoms with Crippen LogP contribution in [0.25, 0.3) is 22.5 Å². The molecule has 3 aliphatic rings. The molecular weight excluding hydrogens is 549 g/mol. The first-order valence-electron chi connectivity index (χ1n) is 14.8. The number of hydrogen-bond acceptors (Lipinski definition) is 7. The molecule has 0 spiro atoms. The minimum atomic E-state index is -0.489. The zero-order valence-corrected chi connectivity index (χ0v) is 24.3. The summed E-state index contributed by atoms with van der Waals surface area (Å²) in [5.74, 6) is 0.294. The zero-order chi connectivity index (χ0) is 29.7. The molecule has 1 saturated heterocycles. The SMILES string of the molecule is CO[C@H]1CCN(Cc2cc(C(=O)Nc3cc(-c4ccc(F)cc4-c4nncn4C)cc(C4CC4)n3)c(=O)n(C3CC3)c2)C1. The van der Waals surface area contributed by atoms with E-state index in [4.69, 9.17) is 9.72 Å². The van der Waals surface area contributed by atoms with Gasteiger partial charge in [0.05, 0.1) is 6.10 Å². The Morgan fingerprint density at radius 3 is 2.63 bits per heavy atom. The number of likely N-dealkylation sites (tertiary alicyclic amines) is 1. The number of rotatable bonds is 9. The van der Waals surface area contributed by atoms with Crippen LogP contribution in [0.3, 0.4) is 0 Å². The second-order valence-electron chi connectivity index (χ2n) is 11.9. The minimum Gasteiger partial charge on any atom is -0.380 e. The number of nitrogens with one attached hydrogen (secondary N) is 1. The summed E-state index contributed by atoms with van der Waals surface area (Å²) in [6, 6.07) is 10.2. The summed E-state index contributed by atoms with van der Waals surface area (Å²) in [4.78, 5) is 34.3. The highest BCUT2D eigenvalue weighted by Crippen LogP contribution is 2.42. The Labute approximate surface area is 248 Å². The van der Waals surface area contributed by atoms with Gasteiger partial charge in [0.15, 0.2) is 5.82 Å². The van der Waals surface area contributed by atoms with Crippen molar-refractivity contribution < 1.29 is 13.9 Å². The molecular formula is C32H34FN7O3. The maximum absolute atomic E-state index is 14.4. The van der Waals surface area contributed by atoms with E-state index >= 15 is 0 Å². The van der Waals surface area contributed by atoms with E-state index < -0.39 is 5.91 Å². The van der Waals surface area contributed by atoms with Crippen LogP contribution in [0.4, 0.5) is 10.2 Å². The molecule has 7 rings (SSSR count). The van der Waals surface area contributed by atoms with E-state index in [0.717, 1.165) is 67.6 Å². The number of carbonyl (C=O) groups is 1. The zero-order valence-electron chi connectivity index (χ0n) is 24.3. The van der Waals surface area contributed by atoms with E-state index in [9.17, 15) is 14.0 Å². The summed E-state index contributed by atoms with van der Waals surface area (Å²) in [5.41, 5.74) is 3.70. The van der Waals surface area contributed by atoms with Crippen LogP contribution in [-0.4, -0.2) is 61.4 Å². The quantitative estimate of drug-likeness (QED) is 0.309. The van der Waals surface area contributed by atoms with Crippen LogP contribution in [-0.2, 0) is 18.3 Å². The van der Waals surface area contributed by atoms with Crippen LogP contribution < -0.4 is 10.9 Å². The highest BCUT2D eigenvalue weighted by atomic mass is 19.1. The fourth-order valence-electron chi connectivity index (χ4n) is 5.95. The molecule has 1 atom stereocenters. The summed E-state index contributed by atoms with van der Waals surface area (Å²) in [5, 5.41) is 11.1. The molecule has 1 amide bonds. The maximum atomic E-state index is 14.4. The number of benzene rings is 1. The second-order valence-corrected chi connectivity index (χ2v) is 11.9. The van der Waals surface area contributed by atoms with Gasteiger partial charge in [-0.05, 0) is 79.1 Å². The van der Waals surface area contributed by atoms with E-state index in [1.807, 2.05) is 12.3 Å². The molecule has 0 radical (unpaired) electrons. The van der Waals surface area contributed by atoms with Crippen molar-refractivity contribution in [2.45, 2.75) is 56.7 Å². The van der Waals surface area contributed by atoms with Gasteiger partial charge in [0, 0.05) is 63.2 Å². The van der Waals surface area contributed by atoms with Crippen molar-refractivity contribution in [3.63, 3.8) is 0 Å². The van der Waals surface area contributed by atoms with Crippen molar-refractivity contribution >= 4 is 11.7 Å². The molecule has 11 heteroatoms. The third-order valence-electron chi connectivity index (χ3n) is 8.58. The predicted molar refractivity (Wildman–Crippen MR) is 159 cm³/mol. The largest absolute Gasteiger partial charge is 0.380 e. The number of hydrogen-bond donors (Lipinski definition) is 1. The third kappa shape index (κ3) is 5.74. The lowest BCUT2D eigenvalue weighted by atomic mass is 9.98. The molecule has 4 aromatic rings. The van der Waals surface area contributed by atoms with Gasteiger partial charge in [-0.1, -0.05) is 6.07 Å². The number of aryl methyl sites for hydroxylation is 1. The molecule has 222 valence electrons. The van der Waals surface area contributed by atoms with Crippen molar-refractivity contribution in [2.75, 3.05) is 25.5 Å². The van der Waals surface area contributed by atoms with Crippen LogP contribution >= 0.6 is 0 Å². The lowest BCUT2D eigenvalue weighted by Crippen LogP contribution is -2.31. The number of ether oxygens (including phenoxy) is 1. The van der Waals surface area contributed by atoms with Crippen molar-refractivity contribution in [1.29, 1.82) is 0 Å². The number of carbonyl (C=O) groups excluding carboxylic acids is 1. The van der Waals surface area contributed by atoms with Crippen molar-refractivity contribution in [3.05, 3.63) is 81.9 Å². The van der Waals surface area contributed by atoms with E-state index in [-0.39, 0.29) is 29.1 Å². The van der Waals surface area contributed by atoms with Crippen LogP contribution in [0.2, 0.25) is 0 Å². The number of halogens is 1. The van der Waals surface area contributed by atoms with E-state index in [2.05, 4.69) is 20.4 Å². The topological polar surface area (TPSA) is 107 Å². The van der Waals surface area contributed by atoms with Crippen molar-refractivity contribution in [2.24, 2.45) is 7.05 Å². The summed E-state index contributed by atoms with van der Waals surface area (Å²) in [6.45, 7) is 2.37. The molecule has 0 unspecified atom stereocenters. The number of nitrogens with zero attached hydrogens (tertiary/aromatic N) is 6. The normalized spacial score (nSPS) is 18.7. The molecule has 3 fully saturated rings. The summed E-state index contributed by atoms with van der Waals surface area (Å²) < 4.78 is 23.4. The maximum Gasteiger partial charge on any atom is 0.263 e. The fourth-order valence-corrected chi connectivity index (χ4v) is 5.95. The predicted octanol–water partition coefficient (Wildman–Crippen LogP) is 4.53. The van der Waals surface area contributed by atoms with E-state index in [1.54, 1.807) is 47.8 Å². The number of pyridine rings is 2.